The molecule has 1 heterocycles. The van der Waals surface area contributed by atoms with Gasteiger partial charge in [-0.05, 0) is 35.5 Å². The molecular formula is C12H9ClNOP. The molecule has 0 saturated carbocycles. The summed E-state index contributed by atoms with van der Waals surface area (Å²) in [5.74, 6) is 0. The van der Waals surface area contributed by atoms with Crippen molar-refractivity contribution in [2.75, 3.05) is 5.32 Å². The normalized spacial score (nSPS) is 15.8. The van der Waals surface area contributed by atoms with Crippen LogP contribution in [0.2, 0.25) is 0 Å². The smallest absolute Gasteiger partial charge is 0.229 e. The van der Waals surface area contributed by atoms with Gasteiger partial charge in [-0.15, -0.1) is 0 Å². The van der Waals surface area contributed by atoms with Crippen molar-refractivity contribution in [2.45, 2.75) is 0 Å². The van der Waals surface area contributed by atoms with E-state index in [1.807, 2.05) is 48.5 Å². The van der Waals surface area contributed by atoms with Gasteiger partial charge in [-0.25, -0.2) is 0 Å². The zero-order valence-corrected chi connectivity index (χ0v) is 10.0. The van der Waals surface area contributed by atoms with E-state index in [0.717, 1.165) is 11.4 Å². The van der Waals surface area contributed by atoms with Crippen LogP contribution >= 0.6 is 17.7 Å². The summed E-state index contributed by atoms with van der Waals surface area (Å²) in [6.07, 6.45) is 0. The topological polar surface area (TPSA) is 29.1 Å². The van der Waals surface area contributed by atoms with Crippen molar-refractivity contribution in [1.82, 2.24) is 0 Å². The molecule has 0 aromatic heterocycles. The van der Waals surface area contributed by atoms with Gasteiger partial charge in [0.1, 0.15) is 0 Å². The molecule has 16 heavy (non-hydrogen) atoms. The Kier molecular flexibility index (Phi) is 2.10. The maximum absolute atomic E-state index is 12.6. The lowest BCUT2D eigenvalue weighted by Gasteiger charge is -2.25. The lowest BCUT2D eigenvalue weighted by molar-refractivity contribution is 0.595. The van der Waals surface area contributed by atoms with E-state index in [1.54, 1.807) is 0 Å². The van der Waals surface area contributed by atoms with Gasteiger partial charge >= 0.3 is 0 Å². The number of hydrogen-bond donors (Lipinski definition) is 1. The molecule has 0 radical (unpaired) electrons. The van der Waals surface area contributed by atoms with Gasteiger partial charge in [0, 0.05) is 0 Å². The minimum Gasteiger partial charge on any atom is -0.354 e. The van der Waals surface area contributed by atoms with Crippen LogP contribution in [0.15, 0.2) is 48.5 Å². The van der Waals surface area contributed by atoms with E-state index < -0.39 is 6.49 Å². The van der Waals surface area contributed by atoms with E-state index in [4.69, 9.17) is 11.2 Å². The molecule has 4 heteroatoms. The molecule has 3 rings (SSSR count). The first kappa shape index (κ1) is 9.95. The van der Waals surface area contributed by atoms with Gasteiger partial charge in [0.05, 0.1) is 22.0 Å². The fourth-order valence-electron chi connectivity index (χ4n) is 1.94. The number of para-hydroxylation sites is 2. The highest BCUT2D eigenvalue weighted by atomic mass is 35.7. The second-order valence-corrected chi connectivity index (χ2v) is 7.15. The number of rotatable bonds is 0. The zero-order valence-electron chi connectivity index (χ0n) is 8.35. The van der Waals surface area contributed by atoms with Crippen molar-refractivity contribution in [3.05, 3.63) is 48.5 Å². The Hall–Kier alpha value is -1.24. The predicted molar refractivity (Wildman–Crippen MR) is 68.9 cm³/mol. The lowest BCUT2D eigenvalue weighted by Crippen LogP contribution is -2.23. The molecule has 0 bridgehead atoms. The minimum atomic E-state index is -2.96. The van der Waals surface area contributed by atoms with Gasteiger partial charge in [0.15, 0.2) is 0 Å². The van der Waals surface area contributed by atoms with Gasteiger partial charge in [-0.1, -0.05) is 24.3 Å². The number of hydrogen-bond acceptors (Lipinski definition) is 2. The molecule has 2 aromatic rings. The summed E-state index contributed by atoms with van der Waals surface area (Å²) in [6, 6.07) is 14.9. The highest BCUT2D eigenvalue weighted by Crippen LogP contribution is 2.54. The van der Waals surface area contributed by atoms with Crippen molar-refractivity contribution in [2.24, 2.45) is 0 Å². The average Bonchev–Trinajstić information content (AvgIpc) is 2.29. The fourth-order valence-corrected chi connectivity index (χ4v) is 4.52. The third-order valence-corrected chi connectivity index (χ3v) is 5.81. The summed E-state index contributed by atoms with van der Waals surface area (Å²) in [7, 11) is 0. The largest absolute Gasteiger partial charge is 0.354 e. The molecule has 0 amide bonds. The van der Waals surface area contributed by atoms with E-state index in [9.17, 15) is 4.57 Å². The highest BCUT2D eigenvalue weighted by Gasteiger charge is 2.33. The van der Waals surface area contributed by atoms with Crippen LogP contribution in [0.1, 0.15) is 0 Å². The number of nitrogens with one attached hydrogen (secondary N) is 1. The molecular weight excluding hydrogens is 241 g/mol. The van der Waals surface area contributed by atoms with Gasteiger partial charge in [0.25, 0.3) is 0 Å². The van der Waals surface area contributed by atoms with Crippen LogP contribution in [0.5, 0.6) is 0 Å². The Morgan fingerprint density at radius 1 is 0.875 bits per heavy atom. The van der Waals surface area contributed by atoms with Crippen molar-refractivity contribution in [3.8, 4) is 0 Å². The summed E-state index contributed by atoms with van der Waals surface area (Å²) in [5.41, 5.74) is 1.67. The molecule has 1 aliphatic rings. The monoisotopic (exact) mass is 249 g/mol. The fraction of sp³-hybridized carbons (Fsp3) is 0. The summed E-state index contributed by atoms with van der Waals surface area (Å²) >= 11 is 6.25. The minimum absolute atomic E-state index is 0.690. The Labute approximate surface area is 98.4 Å². The van der Waals surface area contributed by atoms with Crippen LogP contribution in [-0.2, 0) is 4.57 Å². The second-order valence-electron chi connectivity index (χ2n) is 3.69. The van der Waals surface area contributed by atoms with Gasteiger partial charge in [-0.3, -0.25) is 4.57 Å². The van der Waals surface area contributed by atoms with E-state index in [0.29, 0.717) is 10.6 Å². The maximum atomic E-state index is 12.6. The predicted octanol–water partition coefficient (Wildman–Crippen LogP) is 3.21. The molecule has 1 aliphatic heterocycles. The van der Waals surface area contributed by atoms with E-state index in [-0.39, 0.29) is 0 Å². The highest BCUT2D eigenvalue weighted by molar-refractivity contribution is 8.01. The van der Waals surface area contributed by atoms with Crippen LogP contribution in [0.4, 0.5) is 11.4 Å². The van der Waals surface area contributed by atoms with Crippen LogP contribution in [0.25, 0.3) is 0 Å². The zero-order chi connectivity index (χ0) is 11.2. The van der Waals surface area contributed by atoms with Crippen molar-refractivity contribution in [3.63, 3.8) is 0 Å². The SMILES string of the molecule is O=P1(Cl)c2ccccc2Nc2ccccc21. The van der Waals surface area contributed by atoms with Crippen LogP contribution in [0, 0.1) is 0 Å². The van der Waals surface area contributed by atoms with E-state index in [2.05, 4.69) is 5.32 Å². The third-order valence-electron chi connectivity index (χ3n) is 2.70. The first-order valence-electron chi connectivity index (χ1n) is 4.95. The average molecular weight is 250 g/mol. The van der Waals surface area contributed by atoms with Gasteiger partial charge in [0.2, 0.25) is 6.49 Å². The van der Waals surface area contributed by atoms with E-state index >= 15 is 0 Å². The maximum Gasteiger partial charge on any atom is 0.229 e. The summed E-state index contributed by atoms with van der Waals surface area (Å²) in [6.45, 7) is -2.96. The Balaban J connectivity index is 2.33. The summed E-state index contributed by atoms with van der Waals surface area (Å²) in [4.78, 5) is 0. The molecule has 0 atom stereocenters. The molecule has 2 nitrogen and oxygen atoms in total. The first-order valence-corrected chi connectivity index (χ1v) is 7.57. The van der Waals surface area contributed by atoms with Crippen molar-refractivity contribution < 1.29 is 4.57 Å². The molecule has 0 aliphatic carbocycles. The Morgan fingerprint density at radius 2 is 1.31 bits per heavy atom. The Bertz CT molecular complexity index is 562. The van der Waals surface area contributed by atoms with Crippen LogP contribution in [-0.4, -0.2) is 0 Å². The number of fused-ring (bicyclic) bond motifs is 2. The molecule has 80 valence electrons. The molecule has 0 spiro atoms. The van der Waals surface area contributed by atoms with Gasteiger partial charge < -0.3 is 5.32 Å². The summed E-state index contributed by atoms with van der Waals surface area (Å²) in [5, 5.41) is 4.62. The molecule has 0 saturated heterocycles. The lowest BCUT2D eigenvalue weighted by atomic mass is 10.2. The number of benzene rings is 2. The standard InChI is InChI=1S/C12H9ClNOP/c13-16(15)11-7-3-1-5-9(11)14-10-6-2-4-8-12(10)16/h1-8,14H. The Morgan fingerprint density at radius 3 is 1.81 bits per heavy atom. The quantitative estimate of drug-likeness (QED) is 0.727. The third kappa shape index (κ3) is 1.31. The molecule has 0 unspecified atom stereocenters. The first-order chi connectivity index (χ1) is 7.69. The van der Waals surface area contributed by atoms with Crippen LogP contribution < -0.4 is 15.9 Å². The molecule has 0 fully saturated rings. The molecule has 1 N–H and O–H groups in total. The number of halogens is 1. The van der Waals surface area contributed by atoms with E-state index in [1.165, 1.54) is 0 Å². The van der Waals surface area contributed by atoms with Crippen molar-refractivity contribution in [1.29, 1.82) is 0 Å². The molecule has 2 aromatic carbocycles. The summed E-state index contributed by atoms with van der Waals surface area (Å²) < 4.78 is 12.6. The van der Waals surface area contributed by atoms with Crippen molar-refractivity contribution >= 4 is 39.7 Å². The second kappa shape index (κ2) is 3.38. The van der Waals surface area contributed by atoms with Crippen LogP contribution in [0.3, 0.4) is 0 Å². The van der Waals surface area contributed by atoms with Gasteiger partial charge in [-0.2, -0.15) is 0 Å². The number of anilines is 2.